The second-order valence-electron chi connectivity index (χ2n) is 12.3. The first-order chi connectivity index (χ1) is 20.0. The summed E-state index contributed by atoms with van der Waals surface area (Å²) in [5.74, 6) is 2.07. The van der Waals surface area contributed by atoms with Crippen molar-refractivity contribution in [3.05, 3.63) is 87.3 Å². The van der Waals surface area contributed by atoms with Crippen LogP contribution in [-0.2, 0) is 6.42 Å². The van der Waals surface area contributed by atoms with Crippen LogP contribution in [0.15, 0.2) is 48.5 Å². The molecule has 5 rings (SSSR count). The van der Waals surface area contributed by atoms with Crippen LogP contribution in [0.3, 0.4) is 0 Å². The standard InChI is InChI=1S/C34H42ClN5O2/c1-21(2)32-36-23(5)19-31(37-32)39-17-15-26(16-18-39)38(6)33(41)25-12-11-24-13-14-30(28(24)20-25)40(22(3)4)34(42)27-9-7-8-10-29(27)35/h7-12,19-22,26,30H,13-18H2,1-6H3/t30-/m1/s1. The number of hydrogen-bond acceptors (Lipinski definition) is 5. The maximum atomic E-state index is 13.8. The van der Waals surface area contributed by atoms with E-state index in [1.165, 1.54) is 5.56 Å². The molecule has 222 valence electrons. The van der Waals surface area contributed by atoms with Gasteiger partial charge in [-0.25, -0.2) is 9.97 Å². The Bertz CT molecular complexity index is 1460. The molecular weight excluding hydrogens is 546 g/mol. The lowest BCUT2D eigenvalue weighted by Crippen LogP contribution is -2.46. The summed E-state index contributed by atoms with van der Waals surface area (Å²) in [6.45, 7) is 12.0. The van der Waals surface area contributed by atoms with Crippen LogP contribution in [0, 0.1) is 6.92 Å². The van der Waals surface area contributed by atoms with Crippen LogP contribution in [-0.4, -0.2) is 63.8 Å². The number of anilines is 1. The molecule has 1 atom stereocenters. The maximum Gasteiger partial charge on any atom is 0.256 e. The van der Waals surface area contributed by atoms with Gasteiger partial charge in [-0.3, -0.25) is 9.59 Å². The Balaban J connectivity index is 1.30. The van der Waals surface area contributed by atoms with Crippen LogP contribution in [0.4, 0.5) is 5.82 Å². The molecule has 7 nitrogen and oxygen atoms in total. The van der Waals surface area contributed by atoms with E-state index in [2.05, 4.69) is 35.9 Å². The number of nitrogens with zero attached hydrogens (tertiary/aromatic N) is 5. The molecular formula is C34H42ClN5O2. The summed E-state index contributed by atoms with van der Waals surface area (Å²) in [4.78, 5) is 43.0. The fourth-order valence-electron chi connectivity index (χ4n) is 6.36. The Morgan fingerprint density at radius 2 is 1.67 bits per heavy atom. The molecule has 2 amide bonds. The van der Waals surface area contributed by atoms with Gasteiger partial charge in [0.05, 0.1) is 16.6 Å². The van der Waals surface area contributed by atoms with Gasteiger partial charge in [0.25, 0.3) is 11.8 Å². The molecule has 1 saturated heterocycles. The molecule has 0 spiro atoms. The molecule has 42 heavy (non-hydrogen) atoms. The van der Waals surface area contributed by atoms with Gasteiger partial charge < -0.3 is 14.7 Å². The van der Waals surface area contributed by atoms with Crippen molar-refractivity contribution < 1.29 is 9.59 Å². The van der Waals surface area contributed by atoms with E-state index >= 15 is 0 Å². The number of aryl methyl sites for hydroxylation is 2. The van der Waals surface area contributed by atoms with E-state index in [4.69, 9.17) is 16.6 Å². The highest BCUT2D eigenvalue weighted by Crippen LogP contribution is 2.39. The second-order valence-corrected chi connectivity index (χ2v) is 12.7. The van der Waals surface area contributed by atoms with Crippen LogP contribution in [0.5, 0.6) is 0 Å². The van der Waals surface area contributed by atoms with Crippen LogP contribution >= 0.6 is 11.6 Å². The summed E-state index contributed by atoms with van der Waals surface area (Å²) in [6.07, 6.45) is 3.46. The number of halogens is 1. The van der Waals surface area contributed by atoms with Crippen LogP contribution in [0.1, 0.15) is 102 Å². The van der Waals surface area contributed by atoms with Crippen molar-refractivity contribution in [1.82, 2.24) is 19.8 Å². The lowest BCUT2D eigenvalue weighted by Gasteiger charge is -2.37. The molecule has 0 bridgehead atoms. The molecule has 0 saturated carbocycles. The molecule has 8 heteroatoms. The molecule has 2 heterocycles. The lowest BCUT2D eigenvalue weighted by atomic mass is 9.99. The summed E-state index contributed by atoms with van der Waals surface area (Å²) >= 11 is 6.41. The monoisotopic (exact) mass is 587 g/mol. The number of piperidine rings is 1. The Labute approximate surface area is 254 Å². The molecule has 1 aliphatic carbocycles. The smallest absolute Gasteiger partial charge is 0.256 e. The van der Waals surface area contributed by atoms with E-state index in [-0.39, 0.29) is 35.9 Å². The van der Waals surface area contributed by atoms with Gasteiger partial charge in [0.1, 0.15) is 11.6 Å². The number of benzene rings is 2. The first kappa shape index (κ1) is 30.0. The van der Waals surface area contributed by atoms with Crippen molar-refractivity contribution in [3.8, 4) is 0 Å². The van der Waals surface area contributed by atoms with Crippen LogP contribution < -0.4 is 4.90 Å². The SMILES string of the molecule is Cc1cc(N2CCC(N(C)C(=O)c3ccc4c(c3)[C@H](N(C(=O)c3ccccc3Cl)C(C)C)CC4)CC2)nc(C(C)C)n1. The molecule has 2 aliphatic rings. The predicted molar refractivity (Wildman–Crippen MR) is 168 cm³/mol. The molecule has 1 aromatic heterocycles. The second kappa shape index (κ2) is 12.4. The van der Waals surface area contributed by atoms with E-state index in [1.54, 1.807) is 12.1 Å². The van der Waals surface area contributed by atoms with E-state index in [0.29, 0.717) is 16.1 Å². The summed E-state index contributed by atoms with van der Waals surface area (Å²) in [5, 5.41) is 0.457. The van der Waals surface area contributed by atoms with E-state index in [0.717, 1.165) is 61.7 Å². The third-order valence-electron chi connectivity index (χ3n) is 8.70. The zero-order valence-corrected chi connectivity index (χ0v) is 26.4. The average Bonchev–Trinajstić information content (AvgIpc) is 3.39. The van der Waals surface area contributed by atoms with Crippen molar-refractivity contribution in [1.29, 1.82) is 0 Å². The van der Waals surface area contributed by atoms with Crippen molar-refractivity contribution >= 4 is 29.2 Å². The number of carbonyl (C=O) groups excluding carboxylic acids is 2. The Morgan fingerprint density at radius 1 is 0.952 bits per heavy atom. The quantitative estimate of drug-likeness (QED) is 0.303. The molecule has 0 radical (unpaired) electrons. The minimum atomic E-state index is -0.0999. The number of rotatable bonds is 7. The first-order valence-corrected chi connectivity index (χ1v) is 15.5. The Hall–Kier alpha value is -3.45. The molecule has 0 unspecified atom stereocenters. The minimum Gasteiger partial charge on any atom is -0.356 e. The van der Waals surface area contributed by atoms with Gasteiger partial charge in [-0.1, -0.05) is 43.6 Å². The highest BCUT2D eigenvalue weighted by Gasteiger charge is 2.35. The third-order valence-corrected chi connectivity index (χ3v) is 9.03. The Morgan fingerprint density at radius 3 is 2.33 bits per heavy atom. The number of amides is 2. The normalized spacial score (nSPS) is 17.1. The predicted octanol–water partition coefficient (Wildman–Crippen LogP) is 6.84. The van der Waals surface area contributed by atoms with Gasteiger partial charge >= 0.3 is 0 Å². The van der Waals surface area contributed by atoms with E-state index in [1.807, 2.05) is 61.9 Å². The number of carbonyl (C=O) groups is 2. The van der Waals surface area contributed by atoms with Crippen molar-refractivity contribution in [2.75, 3.05) is 25.0 Å². The van der Waals surface area contributed by atoms with E-state index in [9.17, 15) is 9.59 Å². The maximum absolute atomic E-state index is 13.8. The zero-order chi connectivity index (χ0) is 30.1. The highest BCUT2D eigenvalue weighted by atomic mass is 35.5. The van der Waals surface area contributed by atoms with Gasteiger partial charge in [-0.2, -0.15) is 0 Å². The minimum absolute atomic E-state index is 0.0211. The number of hydrogen-bond donors (Lipinski definition) is 0. The highest BCUT2D eigenvalue weighted by molar-refractivity contribution is 6.33. The number of aromatic nitrogens is 2. The van der Waals surface area contributed by atoms with Gasteiger partial charge in [-0.15, -0.1) is 0 Å². The molecule has 1 fully saturated rings. The van der Waals surface area contributed by atoms with Crippen molar-refractivity contribution in [2.24, 2.45) is 0 Å². The fourth-order valence-corrected chi connectivity index (χ4v) is 6.58. The largest absolute Gasteiger partial charge is 0.356 e. The molecule has 0 N–H and O–H groups in total. The summed E-state index contributed by atoms with van der Waals surface area (Å²) in [5.41, 5.74) is 4.44. The Kier molecular flexibility index (Phi) is 8.88. The van der Waals surface area contributed by atoms with Gasteiger partial charge in [0.2, 0.25) is 0 Å². The van der Waals surface area contributed by atoms with Crippen molar-refractivity contribution in [3.63, 3.8) is 0 Å². The summed E-state index contributed by atoms with van der Waals surface area (Å²) in [7, 11) is 1.92. The van der Waals surface area contributed by atoms with Gasteiger partial charge in [-0.05, 0) is 81.8 Å². The van der Waals surface area contributed by atoms with Crippen LogP contribution in [0.25, 0.3) is 0 Å². The summed E-state index contributed by atoms with van der Waals surface area (Å²) in [6, 6.07) is 15.3. The number of fused-ring (bicyclic) bond motifs is 1. The topological polar surface area (TPSA) is 69.6 Å². The van der Waals surface area contributed by atoms with E-state index < -0.39 is 0 Å². The average molecular weight is 588 g/mol. The molecule has 2 aromatic carbocycles. The zero-order valence-electron chi connectivity index (χ0n) is 25.6. The molecule has 3 aromatic rings. The first-order valence-electron chi connectivity index (χ1n) is 15.1. The van der Waals surface area contributed by atoms with Crippen LogP contribution in [0.2, 0.25) is 5.02 Å². The fraction of sp³-hybridized carbons (Fsp3) is 0.471. The van der Waals surface area contributed by atoms with Gasteiger partial charge in [0, 0.05) is 55.5 Å². The van der Waals surface area contributed by atoms with Gasteiger partial charge in [0.15, 0.2) is 0 Å². The third kappa shape index (κ3) is 6.03. The summed E-state index contributed by atoms with van der Waals surface area (Å²) < 4.78 is 0. The lowest BCUT2D eigenvalue weighted by molar-refractivity contribution is 0.0606. The van der Waals surface area contributed by atoms with Crippen molar-refractivity contribution in [2.45, 2.75) is 84.3 Å². The molecule has 1 aliphatic heterocycles.